The molecule has 0 saturated heterocycles. The molecule has 0 aliphatic rings. The molecule has 68 heavy (non-hydrogen) atoms. The third kappa shape index (κ3) is 55.3. The molecule has 0 spiro atoms. The van der Waals surface area contributed by atoms with Gasteiger partial charge >= 0.3 is 17.9 Å². The number of carbonyl (C=O) groups is 3. The fourth-order valence-corrected chi connectivity index (χ4v) is 9.68. The van der Waals surface area contributed by atoms with Crippen LogP contribution in [0.3, 0.4) is 0 Å². The molecule has 1 unspecified atom stereocenters. The number of rotatable bonds is 58. The summed E-state index contributed by atoms with van der Waals surface area (Å²) in [7, 11) is 0. The third-order valence-electron chi connectivity index (χ3n) is 14.4. The van der Waals surface area contributed by atoms with E-state index in [0.717, 1.165) is 57.8 Å². The van der Waals surface area contributed by atoms with Gasteiger partial charge in [0.05, 0.1) is 0 Å². The van der Waals surface area contributed by atoms with Crippen molar-refractivity contribution in [1.29, 1.82) is 0 Å². The fraction of sp³-hybridized carbons (Fsp3) is 0.952. The van der Waals surface area contributed by atoms with Crippen molar-refractivity contribution < 1.29 is 28.6 Å². The molecular weight excluding hydrogens is 841 g/mol. The Bertz CT molecular complexity index is 1010. The lowest BCUT2D eigenvalue weighted by molar-refractivity contribution is -0.167. The molecule has 0 radical (unpaired) electrons. The van der Waals surface area contributed by atoms with Crippen LogP contribution in [0.4, 0.5) is 0 Å². The lowest BCUT2D eigenvalue weighted by Gasteiger charge is -2.18. The lowest BCUT2D eigenvalue weighted by Crippen LogP contribution is -2.30. The van der Waals surface area contributed by atoms with E-state index in [4.69, 9.17) is 14.2 Å². The quantitative estimate of drug-likeness (QED) is 0.0343. The molecule has 0 aromatic heterocycles. The summed E-state index contributed by atoms with van der Waals surface area (Å²) in [5.41, 5.74) is 0. The van der Waals surface area contributed by atoms with Gasteiger partial charge in [0.15, 0.2) is 6.10 Å². The highest BCUT2D eigenvalue weighted by atomic mass is 16.6. The van der Waals surface area contributed by atoms with E-state index in [9.17, 15) is 14.4 Å². The number of hydrogen-bond donors (Lipinski definition) is 0. The van der Waals surface area contributed by atoms with Gasteiger partial charge in [0, 0.05) is 19.3 Å². The van der Waals surface area contributed by atoms with Gasteiger partial charge in [0.1, 0.15) is 13.2 Å². The van der Waals surface area contributed by atoms with Crippen molar-refractivity contribution in [2.45, 2.75) is 367 Å². The van der Waals surface area contributed by atoms with Gasteiger partial charge < -0.3 is 14.2 Å². The van der Waals surface area contributed by atoms with Gasteiger partial charge in [0.2, 0.25) is 0 Å². The van der Waals surface area contributed by atoms with Crippen LogP contribution in [0.2, 0.25) is 0 Å². The number of esters is 3. The first-order valence-electron chi connectivity index (χ1n) is 31.0. The van der Waals surface area contributed by atoms with Crippen LogP contribution in [0.5, 0.6) is 0 Å². The Morgan fingerprint density at radius 1 is 0.235 bits per heavy atom. The second-order valence-corrected chi connectivity index (χ2v) is 21.3. The maximum absolute atomic E-state index is 12.8. The summed E-state index contributed by atoms with van der Waals surface area (Å²) in [6.07, 6.45) is 65.5. The van der Waals surface area contributed by atoms with Crippen molar-refractivity contribution >= 4 is 17.9 Å². The van der Waals surface area contributed by atoms with Crippen molar-refractivity contribution in [3.63, 3.8) is 0 Å². The van der Waals surface area contributed by atoms with Gasteiger partial charge in [-0.25, -0.2) is 0 Å². The molecule has 6 heteroatoms. The van der Waals surface area contributed by atoms with E-state index in [0.29, 0.717) is 19.3 Å². The molecule has 0 aromatic carbocycles. The second-order valence-electron chi connectivity index (χ2n) is 21.3. The van der Waals surface area contributed by atoms with Crippen LogP contribution >= 0.6 is 0 Å². The zero-order chi connectivity index (χ0) is 49.3. The van der Waals surface area contributed by atoms with E-state index in [1.807, 2.05) is 0 Å². The Hall–Kier alpha value is -1.59. The van der Waals surface area contributed by atoms with Crippen molar-refractivity contribution in [2.24, 2.45) is 0 Å². The number of unbranched alkanes of at least 4 members (excludes halogenated alkanes) is 47. The average Bonchev–Trinajstić information content (AvgIpc) is 3.34. The molecule has 0 heterocycles. The molecule has 0 saturated carbocycles. The van der Waals surface area contributed by atoms with Crippen LogP contribution in [-0.4, -0.2) is 37.2 Å². The van der Waals surface area contributed by atoms with Gasteiger partial charge in [-0.05, 0) is 19.3 Å². The van der Waals surface area contributed by atoms with Gasteiger partial charge in [0.25, 0.3) is 0 Å². The maximum atomic E-state index is 12.8. The zero-order valence-corrected chi connectivity index (χ0v) is 46.4. The topological polar surface area (TPSA) is 78.9 Å². The van der Waals surface area contributed by atoms with Crippen molar-refractivity contribution in [2.75, 3.05) is 13.2 Å². The molecule has 6 nitrogen and oxygen atoms in total. The van der Waals surface area contributed by atoms with E-state index in [2.05, 4.69) is 20.8 Å². The Morgan fingerprint density at radius 2 is 0.397 bits per heavy atom. The third-order valence-corrected chi connectivity index (χ3v) is 14.4. The molecule has 0 N–H and O–H groups in total. The van der Waals surface area contributed by atoms with Crippen molar-refractivity contribution in [3.8, 4) is 0 Å². The van der Waals surface area contributed by atoms with Gasteiger partial charge in [-0.1, -0.05) is 323 Å². The molecule has 0 bridgehead atoms. The highest BCUT2D eigenvalue weighted by Crippen LogP contribution is 2.18. The van der Waals surface area contributed by atoms with E-state index < -0.39 is 6.10 Å². The van der Waals surface area contributed by atoms with Crippen LogP contribution in [-0.2, 0) is 28.6 Å². The van der Waals surface area contributed by atoms with Gasteiger partial charge in [-0.2, -0.15) is 0 Å². The summed E-state index contributed by atoms with van der Waals surface area (Å²) in [4.78, 5) is 38.1. The Kier molecular flexibility index (Phi) is 56.6. The minimum Gasteiger partial charge on any atom is -0.462 e. The van der Waals surface area contributed by atoms with Crippen molar-refractivity contribution in [1.82, 2.24) is 0 Å². The second kappa shape index (κ2) is 58.0. The normalized spacial score (nSPS) is 11.9. The molecule has 0 fully saturated rings. The van der Waals surface area contributed by atoms with Crippen LogP contribution in [0.25, 0.3) is 0 Å². The summed E-state index contributed by atoms with van der Waals surface area (Å²) >= 11 is 0. The molecule has 0 aliphatic heterocycles. The number of ether oxygens (including phenoxy) is 3. The van der Waals surface area contributed by atoms with E-state index in [-0.39, 0.29) is 31.1 Å². The van der Waals surface area contributed by atoms with Gasteiger partial charge in [-0.15, -0.1) is 0 Å². The molecule has 1 atom stereocenters. The maximum Gasteiger partial charge on any atom is 0.306 e. The predicted octanol–water partition coefficient (Wildman–Crippen LogP) is 20.7. The van der Waals surface area contributed by atoms with Gasteiger partial charge in [-0.3, -0.25) is 14.4 Å². The summed E-state index contributed by atoms with van der Waals surface area (Å²) in [6, 6.07) is 0. The molecular formula is C62H120O6. The van der Waals surface area contributed by atoms with Crippen LogP contribution in [0, 0.1) is 0 Å². The molecule has 0 aromatic rings. The predicted molar refractivity (Wildman–Crippen MR) is 294 cm³/mol. The number of carbonyl (C=O) groups excluding carboxylic acids is 3. The smallest absolute Gasteiger partial charge is 0.306 e. The van der Waals surface area contributed by atoms with E-state index in [1.54, 1.807) is 0 Å². The summed E-state index contributed by atoms with van der Waals surface area (Å²) < 4.78 is 16.9. The highest BCUT2D eigenvalue weighted by molar-refractivity contribution is 5.71. The van der Waals surface area contributed by atoms with E-state index >= 15 is 0 Å². The monoisotopic (exact) mass is 961 g/mol. The summed E-state index contributed by atoms with van der Waals surface area (Å²) in [5, 5.41) is 0. The summed E-state index contributed by atoms with van der Waals surface area (Å²) in [5.74, 6) is -0.834. The van der Waals surface area contributed by atoms with Crippen LogP contribution < -0.4 is 0 Å². The molecule has 0 amide bonds. The highest BCUT2D eigenvalue weighted by Gasteiger charge is 2.19. The Labute approximate surface area is 425 Å². The van der Waals surface area contributed by atoms with Crippen molar-refractivity contribution in [3.05, 3.63) is 0 Å². The van der Waals surface area contributed by atoms with Crippen LogP contribution in [0.1, 0.15) is 361 Å². The number of hydrogen-bond acceptors (Lipinski definition) is 6. The zero-order valence-electron chi connectivity index (χ0n) is 46.4. The minimum absolute atomic E-state index is 0.0612. The Balaban J connectivity index is 4.12. The molecule has 0 rings (SSSR count). The Morgan fingerprint density at radius 3 is 0.588 bits per heavy atom. The molecule has 0 aliphatic carbocycles. The first-order valence-corrected chi connectivity index (χ1v) is 31.0. The standard InChI is InChI=1S/C62H120O6/c1-4-7-10-13-16-19-21-23-25-27-28-29-30-31-32-33-35-36-38-40-43-46-49-52-55-61(64)67-58-59(57-66-60(63)54-51-48-45-42-18-15-12-9-6-3)68-62(65)56-53-50-47-44-41-39-37-34-26-24-22-20-17-14-11-8-5-2/h59H,4-58H2,1-3H3. The largest absolute Gasteiger partial charge is 0.462 e. The first-order chi connectivity index (χ1) is 33.5. The first kappa shape index (κ1) is 66.4. The van der Waals surface area contributed by atoms with Crippen LogP contribution in [0.15, 0.2) is 0 Å². The average molecular weight is 962 g/mol. The lowest BCUT2D eigenvalue weighted by atomic mass is 10.0. The minimum atomic E-state index is -0.761. The van der Waals surface area contributed by atoms with E-state index in [1.165, 1.54) is 263 Å². The summed E-state index contributed by atoms with van der Waals surface area (Å²) in [6.45, 7) is 6.70. The SMILES string of the molecule is CCCCCCCCCCCCCCCCCCCCCCCCCCC(=O)OCC(COC(=O)CCCCCCCCCCC)OC(=O)CCCCCCCCCCCCCCCCCCC. The fourth-order valence-electron chi connectivity index (χ4n) is 9.68. The molecule has 404 valence electrons.